The molecule has 0 aliphatic rings. The lowest BCUT2D eigenvalue weighted by molar-refractivity contribution is -0.120. The summed E-state index contributed by atoms with van der Waals surface area (Å²) < 4.78 is 24.5. The molecule has 0 saturated carbocycles. The summed E-state index contributed by atoms with van der Waals surface area (Å²) in [6.45, 7) is 1.81. The zero-order valence-corrected chi connectivity index (χ0v) is 15.6. The fourth-order valence-corrected chi connectivity index (χ4v) is 2.75. The zero-order chi connectivity index (χ0) is 20.2. The van der Waals surface area contributed by atoms with Gasteiger partial charge in [0.1, 0.15) is 11.6 Å². The third-order valence-electron chi connectivity index (χ3n) is 4.22. The molecular formula is C21H17FN4O3. The topological polar surface area (TPSA) is 94.1 Å². The van der Waals surface area contributed by atoms with Crippen molar-refractivity contribution in [2.75, 3.05) is 0 Å². The summed E-state index contributed by atoms with van der Waals surface area (Å²) >= 11 is 0. The Hall–Kier alpha value is -3.81. The van der Waals surface area contributed by atoms with Crippen LogP contribution in [0.5, 0.6) is 0 Å². The average Bonchev–Trinajstić information content (AvgIpc) is 3.34. The Morgan fingerprint density at radius 1 is 1.00 bits per heavy atom. The van der Waals surface area contributed by atoms with Crippen molar-refractivity contribution in [3.8, 4) is 22.9 Å². The molecule has 7 nitrogen and oxygen atoms in total. The first-order valence-corrected chi connectivity index (χ1v) is 8.95. The minimum atomic E-state index is -0.382. The first kappa shape index (κ1) is 18.5. The first-order valence-electron chi connectivity index (χ1n) is 8.95. The molecule has 2 heterocycles. The minimum Gasteiger partial charge on any atom is -0.441 e. The Balaban J connectivity index is 1.37. The van der Waals surface area contributed by atoms with E-state index in [-0.39, 0.29) is 30.6 Å². The van der Waals surface area contributed by atoms with Crippen molar-refractivity contribution in [2.24, 2.45) is 0 Å². The summed E-state index contributed by atoms with van der Waals surface area (Å²) in [6, 6.07) is 15.3. The van der Waals surface area contributed by atoms with Crippen LogP contribution in [-0.2, 0) is 17.8 Å². The summed E-state index contributed by atoms with van der Waals surface area (Å²) in [5.41, 5.74) is 1.80. The number of aromatic nitrogens is 3. The molecule has 8 heteroatoms. The van der Waals surface area contributed by atoms with Gasteiger partial charge in [-0.05, 0) is 37.3 Å². The number of hydrogen-bond donors (Lipinski definition) is 1. The second-order valence-electron chi connectivity index (χ2n) is 6.35. The number of nitrogens with zero attached hydrogens (tertiary/aromatic N) is 3. The van der Waals surface area contributed by atoms with Crippen LogP contribution in [0.3, 0.4) is 0 Å². The lowest BCUT2D eigenvalue weighted by Gasteiger charge is -2.00. The molecule has 0 aliphatic carbocycles. The van der Waals surface area contributed by atoms with Crippen LogP contribution in [0.2, 0.25) is 0 Å². The predicted molar refractivity (Wildman–Crippen MR) is 102 cm³/mol. The van der Waals surface area contributed by atoms with Gasteiger partial charge in [0.25, 0.3) is 0 Å². The summed E-state index contributed by atoms with van der Waals surface area (Å²) in [5, 5.41) is 10.6. The summed E-state index contributed by atoms with van der Waals surface area (Å²) in [5.74, 6) is 0.813. The number of oxazole rings is 1. The van der Waals surface area contributed by atoms with Crippen molar-refractivity contribution >= 4 is 5.91 Å². The highest BCUT2D eigenvalue weighted by Crippen LogP contribution is 2.22. The van der Waals surface area contributed by atoms with Gasteiger partial charge >= 0.3 is 0 Å². The Labute approximate surface area is 165 Å². The average molecular weight is 392 g/mol. The van der Waals surface area contributed by atoms with Crippen molar-refractivity contribution in [1.82, 2.24) is 20.5 Å². The maximum absolute atomic E-state index is 13.4. The van der Waals surface area contributed by atoms with Crippen molar-refractivity contribution < 1.29 is 18.0 Å². The van der Waals surface area contributed by atoms with E-state index in [4.69, 9.17) is 8.83 Å². The lowest BCUT2D eigenvalue weighted by atomic mass is 10.2. The van der Waals surface area contributed by atoms with E-state index in [0.717, 1.165) is 5.56 Å². The van der Waals surface area contributed by atoms with Crippen LogP contribution in [0.15, 0.2) is 63.4 Å². The third-order valence-corrected chi connectivity index (χ3v) is 4.22. The maximum atomic E-state index is 13.4. The van der Waals surface area contributed by atoms with Gasteiger partial charge in [-0.2, -0.15) is 0 Å². The van der Waals surface area contributed by atoms with Crippen molar-refractivity contribution in [2.45, 2.75) is 19.9 Å². The number of nitrogens with one attached hydrogen (secondary N) is 1. The highest BCUT2D eigenvalue weighted by Gasteiger charge is 2.16. The first-order chi connectivity index (χ1) is 14.1. The second-order valence-corrected chi connectivity index (χ2v) is 6.35. The molecule has 0 bridgehead atoms. The Bertz CT molecular complexity index is 1140. The van der Waals surface area contributed by atoms with Crippen molar-refractivity contribution in [3.05, 3.63) is 77.8 Å². The highest BCUT2D eigenvalue weighted by atomic mass is 19.1. The van der Waals surface area contributed by atoms with Gasteiger partial charge < -0.3 is 14.2 Å². The molecule has 2 aromatic carbocycles. The zero-order valence-electron chi connectivity index (χ0n) is 15.6. The Morgan fingerprint density at radius 3 is 2.59 bits per heavy atom. The molecule has 0 saturated heterocycles. The third kappa shape index (κ3) is 4.37. The molecule has 0 radical (unpaired) electrons. The van der Waals surface area contributed by atoms with Crippen LogP contribution in [-0.4, -0.2) is 21.1 Å². The van der Waals surface area contributed by atoms with E-state index >= 15 is 0 Å². The number of amides is 1. The SMILES string of the molecule is Cc1oc(-c2cccc(F)c2)nc1CC(=O)NCc1nnc(-c2ccccc2)o1. The second kappa shape index (κ2) is 8.05. The molecule has 1 amide bonds. The fourth-order valence-electron chi connectivity index (χ4n) is 2.75. The van der Waals surface area contributed by atoms with Gasteiger partial charge in [-0.1, -0.05) is 24.3 Å². The van der Waals surface area contributed by atoms with Gasteiger partial charge in [-0.3, -0.25) is 4.79 Å². The van der Waals surface area contributed by atoms with Gasteiger partial charge in [0.15, 0.2) is 0 Å². The van der Waals surface area contributed by atoms with Gasteiger partial charge in [0.2, 0.25) is 23.6 Å². The van der Waals surface area contributed by atoms with E-state index in [0.29, 0.717) is 28.8 Å². The molecule has 0 aliphatic heterocycles. The quantitative estimate of drug-likeness (QED) is 0.538. The Morgan fingerprint density at radius 2 is 1.79 bits per heavy atom. The van der Waals surface area contributed by atoms with E-state index in [1.807, 2.05) is 30.3 Å². The van der Waals surface area contributed by atoms with Crippen LogP contribution in [0.1, 0.15) is 17.3 Å². The standard InChI is InChI=1S/C21H17FN4O3/c1-13-17(24-20(28-13)15-8-5-9-16(22)10-15)11-18(27)23-12-19-25-26-21(29-19)14-6-3-2-4-7-14/h2-10H,11-12H2,1H3,(H,23,27). The summed E-state index contributed by atoms with van der Waals surface area (Å²) in [6.07, 6.45) is 0.0182. The summed E-state index contributed by atoms with van der Waals surface area (Å²) in [4.78, 5) is 16.6. The van der Waals surface area contributed by atoms with E-state index in [1.54, 1.807) is 19.1 Å². The summed E-state index contributed by atoms with van der Waals surface area (Å²) in [7, 11) is 0. The number of aryl methyl sites for hydroxylation is 1. The molecule has 0 unspecified atom stereocenters. The van der Waals surface area contributed by atoms with Crippen molar-refractivity contribution in [3.63, 3.8) is 0 Å². The molecule has 0 fully saturated rings. The van der Waals surface area contributed by atoms with Crippen LogP contribution in [0.4, 0.5) is 4.39 Å². The molecule has 0 atom stereocenters. The minimum absolute atomic E-state index is 0.0182. The molecule has 2 aromatic heterocycles. The smallest absolute Gasteiger partial charge is 0.247 e. The predicted octanol–water partition coefficient (Wildman–Crippen LogP) is 3.70. The normalized spacial score (nSPS) is 10.8. The molecule has 4 aromatic rings. The van der Waals surface area contributed by atoms with E-state index in [1.165, 1.54) is 12.1 Å². The number of hydrogen-bond acceptors (Lipinski definition) is 6. The number of halogens is 1. The Kier molecular flexibility index (Phi) is 5.15. The largest absolute Gasteiger partial charge is 0.441 e. The molecule has 146 valence electrons. The molecule has 1 N–H and O–H groups in total. The number of carbonyl (C=O) groups is 1. The molecule has 4 rings (SSSR count). The number of carbonyl (C=O) groups excluding carboxylic acids is 1. The van der Waals surface area contributed by atoms with Gasteiger partial charge in [-0.25, -0.2) is 9.37 Å². The van der Waals surface area contributed by atoms with E-state index in [2.05, 4.69) is 20.5 Å². The van der Waals surface area contributed by atoms with Gasteiger partial charge in [0.05, 0.1) is 18.7 Å². The molecular weight excluding hydrogens is 375 g/mol. The van der Waals surface area contributed by atoms with Crippen LogP contribution < -0.4 is 5.32 Å². The van der Waals surface area contributed by atoms with Gasteiger partial charge in [0, 0.05) is 11.1 Å². The van der Waals surface area contributed by atoms with Gasteiger partial charge in [-0.15, -0.1) is 10.2 Å². The van der Waals surface area contributed by atoms with Crippen LogP contribution in [0, 0.1) is 12.7 Å². The van der Waals surface area contributed by atoms with Crippen LogP contribution in [0.25, 0.3) is 22.9 Å². The van der Waals surface area contributed by atoms with E-state index in [9.17, 15) is 9.18 Å². The molecule has 29 heavy (non-hydrogen) atoms. The monoisotopic (exact) mass is 392 g/mol. The maximum Gasteiger partial charge on any atom is 0.247 e. The lowest BCUT2D eigenvalue weighted by Crippen LogP contribution is -2.25. The van der Waals surface area contributed by atoms with E-state index < -0.39 is 0 Å². The highest BCUT2D eigenvalue weighted by molar-refractivity contribution is 5.78. The number of rotatable bonds is 6. The fraction of sp³-hybridized carbons (Fsp3) is 0.143. The van der Waals surface area contributed by atoms with Crippen LogP contribution >= 0.6 is 0 Å². The van der Waals surface area contributed by atoms with Crippen molar-refractivity contribution in [1.29, 1.82) is 0 Å². The molecule has 0 spiro atoms. The number of benzene rings is 2.